The number of rotatable bonds is 5. The zero-order valence-corrected chi connectivity index (χ0v) is 18.2. The van der Waals surface area contributed by atoms with E-state index < -0.39 is 15.9 Å². The molecule has 0 radical (unpaired) electrons. The Bertz CT molecular complexity index is 1210. The number of para-hydroxylation sites is 1. The first-order chi connectivity index (χ1) is 13.6. The number of hydrogen-bond donors (Lipinski definition) is 2. The third-order valence-corrected chi connectivity index (χ3v) is 6.51. The topological polar surface area (TPSA) is 93.1 Å². The van der Waals surface area contributed by atoms with Gasteiger partial charge in [-0.1, -0.05) is 35.3 Å². The van der Waals surface area contributed by atoms with Crippen LogP contribution in [0.3, 0.4) is 0 Å². The van der Waals surface area contributed by atoms with E-state index in [0.717, 1.165) is 0 Å². The van der Waals surface area contributed by atoms with E-state index in [0.29, 0.717) is 17.0 Å². The second-order valence-corrected chi connectivity index (χ2v) is 8.82. The van der Waals surface area contributed by atoms with Crippen LogP contribution < -0.4 is 10.0 Å². The number of sulfonamides is 1. The van der Waals surface area contributed by atoms with Crippen LogP contribution in [0.1, 0.15) is 21.7 Å². The third-order valence-electron chi connectivity index (χ3n) is 4.33. The molecule has 0 aliphatic rings. The van der Waals surface area contributed by atoms with E-state index in [-0.39, 0.29) is 26.3 Å². The molecule has 2 N–H and O–H groups in total. The number of amides is 1. The number of benzene rings is 2. The van der Waals surface area contributed by atoms with Gasteiger partial charge in [-0.2, -0.15) is 5.10 Å². The fraction of sp³-hybridized carbons (Fsp3) is 0.158. The quantitative estimate of drug-likeness (QED) is 0.599. The fourth-order valence-electron chi connectivity index (χ4n) is 2.83. The molecule has 0 spiro atoms. The number of carbonyl (C=O) groups excluding carboxylic acids is 1. The minimum Gasteiger partial charge on any atom is -0.322 e. The van der Waals surface area contributed by atoms with Gasteiger partial charge in [0, 0.05) is 18.4 Å². The normalized spacial score (nSPS) is 11.3. The lowest BCUT2D eigenvalue weighted by molar-refractivity contribution is 0.102. The van der Waals surface area contributed by atoms with Crippen molar-refractivity contribution in [3.63, 3.8) is 0 Å². The van der Waals surface area contributed by atoms with E-state index in [2.05, 4.69) is 15.1 Å². The molecule has 7 nitrogen and oxygen atoms in total. The summed E-state index contributed by atoms with van der Waals surface area (Å²) < 4.78 is 29.6. The van der Waals surface area contributed by atoms with Crippen molar-refractivity contribution in [3.8, 4) is 0 Å². The second-order valence-electron chi connectivity index (χ2n) is 6.35. The third kappa shape index (κ3) is 4.39. The van der Waals surface area contributed by atoms with E-state index in [4.69, 9.17) is 23.2 Å². The van der Waals surface area contributed by atoms with Crippen molar-refractivity contribution < 1.29 is 13.2 Å². The summed E-state index contributed by atoms with van der Waals surface area (Å²) in [6, 6.07) is 10.7. The summed E-state index contributed by atoms with van der Waals surface area (Å²) in [5.74, 6) is -0.391. The highest BCUT2D eigenvalue weighted by Crippen LogP contribution is 2.29. The van der Waals surface area contributed by atoms with Gasteiger partial charge < -0.3 is 5.32 Å². The van der Waals surface area contributed by atoms with Crippen LogP contribution in [0.25, 0.3) is 0 Å². The molecule has 3 aromatic rings. The van der Waals surface area contributed by atoms with E-state index in [9.17, 15) is 13.2 Å². The predicted octanol–water partition coefficient (Wildman–Crippen LogP) is 4.40. The minimum absolute atomic E-state index is 0.0105. The molecule has 0 fully saturated rings. The monoisotopic (exact) mass is 452 g/mol. The molecule has 152 valence electrons. The molecule has 0 saturated carbocycles. The lowest BCUT2D eigenvalue weighted by Crippen LogP contribution is -2.16. The average Bonchev–Trinajstić information content (AvgIpc) is 2.90. The Morgan fingerprint density at radius 1 is 1.07 bits per heavy atom. The van der Waals surface area contributed by atoms with Crippen LogP contribution in [0.15, 0.2) is 47.4 Å². The fourth-order valence-corrected chi connectivity index (χ4v) is 4.67. The summed E-state index contributed by atoms with van der Waals surface area (Å²) in [4.78, 5) is 12.5. The lowest BCUT2D eigenvalue weighted by atomic mass is 10.2. The lowest BCUT2D eigenvalue weighted by Gasteiger charge is -2.13. The van der Waals surface area contributed by atoms with Gasteiger partial charge in [-0.15, -0.1) is 0 Å². The molecule has 0 saturated heterocycles. The van der Waals surface area contributed by atoms with Crippen LogP contribution in [0.5, 0.6) is 0 Å². The summed E-state index contributed by atoms with van der Waals surface area (Å²) in [6.45, 7) is 3.51. The number of hydrogen-bond acceptors (Lipinski definition) is 4. The molecule has 2 aromatic carbocycles. The molecule has 0 unspecified atom stereocenters. The van der Waals surface area contributed by atoms with Crippen LogP contribution in [0, 0.1) is 13.8 Å². The van der Waals surface area contributed by atoms with Crippen molar-refractivity contribution in [2.24, 2.45) is 7.05 Å². The molecule has 1 amide bonds. The summed E-state index contributed by atoms with van der Waals surface area (Å²) in [7, 11) is -2.29. The van der Waals surface area contributed by atoms with E-state index >= 15 is 0 Å². The van der Waals surface area contributed by atoms with Crippen LogP contribution in [0.4, 0.5) is 11.4 Å². The molecule has 1 aromatic heterocycles. The molecule has 0 bridgehead atoms. The Hall–Kier alpha value is -2.55. The number of nitrogens with one attached hydrogen (secondary N) is 2. The van der Waals surface area contributed by atoms with Crippen molar-refractivity contribution in [1.82, 2.24) is 9.78 Å². The summed E-state index contributed by atoms with van der Waals surface area (Å²) in [6.07, 6.45) is 0. The molecule has 0 aliphatic heterocycles. The highest BCUT2D eigenvalue weighted by molar-refractivity contribution is 7.92. The SMILES string of the molecule is Cc1nn(C)c(C)c1C(=O)Nc1ccc(Cl)c(S(=O)(=O)Nc2ccccc2Cl)c1. The largest absolute Gasteiger partial charge is 0.322 e. The van der Waals surface area contributed by atoms with Gasteiger partial charge in [0.1, 0.15) is 4.90 Å². The van der Waals surface area contributed by atoms with Crippen molar-refractivity contribution in [3.05, 3.63) is 69.5 Å². The average molecular weight is 453 g/mol. The Kier molecular flexibility index (Phi) is 5.88. The number of anilines is 2. The van der Waals surface area contributed by atoms with Crippen molar-refractivity contribution in [1.29, 1.82) is 0 Å². The van der Waals surface area contributed by atoms with Gasteiger partial charge in [0.2, 0.25) is 0 Å². The number of nitrogens with zero attached hydrogens (tertiary/aromatic N) is 2. The molecule has 0 atom stereocenters. The first-order valence-electron chi connectivity index (χ1n) is 8.48. The molecule has 10 heteroatoms. The molecule has 3 rings (SSSR count). The number of aromatic nitrogens is 2. The van der Waals surface area contributed by atoms with E-state index in [1.54, 1.807) is 43.8 Å². The van der Waals surface area contributed by atoms with Gasteiger partial charge in [-0.3, -0.25) is 14.2 Å². The molecular weight excluding hydrogens is 435 g/mol. The molecule has 29 heavy (non-hydrogen) atoms. The zero-order valence-electron chi connectivity index (χ0n) is 15.8. The maximum atomic E-state index is 12.8. The van der Waals surface area contributed by atoms with Gasteiger partial charge in [0.05, 0.1) is 27.0 Å². The van der Waals surface area contributed by atoms with Gasteiger partial charge >= 0.3 is 0 Å². The highest BCUT2D eigenvalue weighted by Gasteiger charge is 2.22. The van der Waals surface area contributed by atoms with Crippen LogP contribution in [-0.4, -0.2) is 24.1 Å². The Morgan fingerprint density at radius 2 is 1.76 bits per heavy atom. The molecular formula is C19H18Cl2N4O3S. The van der Waals surface area contributed by atoms with Gasteiger partial charge in [0.15, 0.2) is 0 Å². The van der Waals surface area contributed by atoms with Crippen LogP contribution in [0.2, 0.25) is 10.0 Å². The number of carbonyl (C=O) groups is 1. The van der Waals surface area contributed by atoms with Gasteiger partial charge in [-0.05, 0) is 44.2 Å². The van der Waals surface area contributed by atoms with Gasteiger partial charge in [-0.25, -0.2) is 8.42 Å². The highest BCUT2D eigenvalue weighted by atomic mass is 35.5. The standard InChI is InChI=1S/C19H18Cl2N4O3S/c1-11-18(12(2)25(3)23-11)19(26)22-13-8-9-15(21)17(10-13)29(27,28)24-16-7-5-4-6-14(16)20/h4-10,24H,1-3H3,(H,22,26). The summed E-state index contributed by atoms with van der Waals surface area (Å²) >= 11 is 12.1. The van der Waals surface area contributed by atoms with Crippen LogP contribution >= 0.6 is 23.2 Å². The summed E-state index contributed by atoms with van der Waals surface area (Å²) in [5, 5.41) is 7.17. The smallest absolute Gasteiger partial charge is 0.263 e. The first kappa shape index (κ1) is 21.2. The maximum Gasteiger partial charge on any atom is 0.263 e. The van der Waals surface area contributed by atoms with Crippen molar-refractivity contribution in [2.75, 3.05) is 10.0 Å². The Labute approximate surface area is 178 Å². The minimum atomic E-state index is -4.04. The molecule has 1 heterocycles. The van der Waals surface area contributed by atoms with Gasteiger partial charge in [0.25, 0.3) is 15.9 Å². The Balaban J connectivity index is 1.92. The number of halogens is 2. The molecule has 0 aliphatic carbocycles. The van der Waals surface area contributed by atoms with E-state index in [1.807, 2.05) is 0 Å². The second kappa shape index (κ2) is 8.06. The Morgan fingerprint density at radius 3 is 2.38 bits per heavy atom. The maximum absolute atomic E-state index is 12.8. The van der Waals surface area contributed by atoms with Crippen LogP contribution in [-0.2, 0) is 17.1 Å². The van der Waals surface area contributed by atoms with Crippen molar-refractivity contribution >= 4 is 50.5 Å². The predicted molar refractivity (Wildman–Crippen MR) is 114 cm³/mol. The zero-order chi connectivity index (χ0) is 21.3. The first-order valence-corrected chi connectivity index (χ1v) is 10.7. The van der Waals surface area contributed by atoms with E-state index in [1.165, 1.54) is 24.3 Å². The van der Waals surface area contributed by atoms with Crippen molar-refractivity contribution in [2.45, 2.75) is 18.7 Å². The summed E-state index contributed by atoms with van der Waals surface area (Å²) in [5.41, 5.74) is 2.20. The number of aryl methyl sites for hydroxylation is 2.